The second kappa shape index (κ2) is 7.14. The van der Waals surface area contributed by atoms with Crippen molar-refractivity contribution >= 4 is 17.8 Å². The average Bonchev–Trinajstić information content (AvgIpc) is 2.83. The van der Waals surface area contributed by atoms with Crippen LogP contribution < -0.4 is 10.6 Å². The van der Waals surface area contributed by atoms with E-state index in [0.717, 1.165) is 16.8 Å². The van der Waals surface area contributed by atoms with Crippen molar-refractivity contribution in [3.63, 3.8) is 0 Å². The predicted octanol–water partition coefficient (Wildman–Crippen LogP) is 1.55. The highest BCUT2D eigenvalue weighted by Gasteiger charge is 2.43. The third-order valence-corrected chi connectivity index (χ3v) is 4.27. The van der Waals surface area contributed by atoms with Crippen LogP contribution in [0.5, 0.6) is 0 Å². The molecule has 0 unspecified atom stereocenters. The molecular weight excluding hydrogens is 346 g/mol. The predicted molar refractivity (Wildman–Crippen MR) is 97.5 cm³/mol. The second-order valence-corrected chi connectivity index (χ2v) is 6.99. The molecule has 1 aromatic heterocycles. The Kier molecular flexibility index (Phi) is 4.89. The van der Waals surface area contributed by atoms with Gasteiger partial charge in [-0.3, -0.25) is 19.5 Å². The molecule has 8 nitrogen and oxygen atoms in total. The van der Waals surface area contributed by atoms with Gasteiger partial charge in [-0.05, 0) is 31.9 Å². The number of aryl methyl sites for hydroxylation is 1. The van der Waals surface area contributed by atoms with E-state index in [0.29, 0.717) is 6.54 Å². The number of amides is 4. The maximum Gasteiger partial charge on any atom is 0.325 e. The Bertz CT molecular complexity index is 875. The number of imide groups is 1. The fourth-order valence-electron chi connectivity index (χ4n) is 2.69. The normalized spacial score (nSPS) is 15.6. The molecule has 1 aromatic carbocycles. The fraction of sp³-hybridized carbons (Fsp3) is 0.316. The van der Waals surface area contributed by atoms with Crippen molar-refractivity contribution in [3.05, 3.63) is 59.2 Å². The van der Waals surface area contributed by atoms with Crippen molar-refractivity contribution in [1.29, 1.82) is 0 Å². The Morgan fingerprint density at radius 3 is 2.33 bits per heavy atom. The van der Waals surface area contributed by atoms with E-state index in [1.54, 1.807) is 27.0 Å². The van der Waals surface area contributed by atoms with Crippen molar-refractivity contribution in [1.82, 2.24) is 25.5 Å². The molecule has 0 aliphatic carbocycles. The molecule has 0 spiro atoms. The molecule has 2 N–H and O–H groups in total. The Hall–Kier alpha value is -3.29. The molecule has 27 heavy (non-hydrogen) atoms. The van der Waals surface area contributed by atoms with E-state index in [1.165, 1.54) is 11.1 Å². The molecule has 2 heterocycles. The summed E-state index contributed by atoms with van der Waals surface area (Å²) < 4.78 is 0. The van der Waals surface area contributed by atoms with Gasteiger partial charge in [-0.2, -0.15) is 0 Å². The first-order chi connectivity index (χ1) is 12.8. The van der Waals surface area contributed by atoms with Crippen molar-refractivity contribution < 1.29 is 14.4 Å². The lowest BCUT2D eigenvalue weighted by atomic mass is 10.1. The third kappa shape index (κ3) is 4.11. The molecule has 2 aromatic rings. The van der Waals surface area contributed by atoms with Crippen molar-refractivity contribution in [2.24, 2.45) is 0 Å². The molecule has 0 saturated carbocycles. The third-order valence-electron chi connectivity index (χ3n) is 4.27. The molecule has 1 fully saturated rings. The summed E-state index contributed by atoms with van der Waals surface area (Å²) in [6.07, 6.45) is 2.98. The topological polar surface area (TPSA) is 104 Å². The van der Waals surface area contributed by atoms with Crippen LogP contribution >= 0.6 is 0 Å². The first kappa shape index (κ1) is 18.5. The summed E-state index contributed by atoms with van der Waals surface area (Å²) in [5, 5.41) is 5.44. The highest BCUT2D eigenvalue weighted by atomic mass is 16.2. The maximum absolute atomic E-state index is 12.2. The lowest BCUT2D eigenvalue weighted by molar-refractivity contribution is -0.130. The molecule has 3 rings (SSSR count). The van der Waals surface area contributed by atoms with E-state index in [1.807, 2.05) is 24.3 Å². The molecule has 1 aliphatic heterocycles. The molecule has 8 heteroatoms. The zero-order valence-electron chi connectivity index (χ0n) is 15.4. The lowest BCUT2D eigenvalue weighted by Gasteiger charge is -2.16. The number of urea groups is 1. The number of nitrogens with zero attached hydrogens (tertiary/aromatic N) is 3. The zero-order valence-corrected chi connectivity index (χ0v) is 15.4. The Balaban J connectivity index is 1.57. The molecule has 0 radical (unpaired) electrons. The molecular formula is C19H21N5O3. The monoisotopic (exact) mass is 367 g/mol. The second-order valence-electron chi connectivity index (χ2n) is 6.99. The quantitative estimate of drug-likeness (QED) is 0.780. The largest absolute Gasteiger partial charge is 0.347 e. The number of hydrogen-bond donors (Lipinski definition) is 2. The highest BCUT2D eigenvalue weighted by molar-refractivity contribution is 6.06. The van der Waals surface area contributed by atoms with Gasteiger partial charge >= 0.3 is 6.03 Å². The smallest absolute Gasteiger partial charge is 0.325 e. The van der Waals surface area contributed by atoms with E-state index < -0.39 is 5.54 Å². The van der Waals surface area contributed by atoms with Gasteiger partial charge < -0.3 is 10.6 Å². The van der Waals surface area contributed by atoms with E-state index in [2.05, 4.69) is 20.6 Å². The number of benzene rings is 1. The Morgan fingerprint density at radius 1 is 1.11 bits per heavy atom. The number of rotatable bonds is 5. The summed E-state index contributed by atoms with van der Waals surface area (Å²) in [4.78, 5) is 45.5. The summed E-state index contributed by atoms with van der Waals surface area (Å²) in [5.41, 5.74) is 1.86. The van der Waals surface area contributed by atoms with Gasteiger partial charge in [-0.25, -0.2) is 9.78 Å². The van der Waals surface area contributed by atoms with Crippen LogP contribution in [0.3, 0.4) is 0 Å². The summed E-state index contributed by atoms with van der Waals surface area (Å²) in [6, 6.07) is 6.97. The summed E-state index contributed by atoms with van der Waals surface area (Å²) >= 11 is 0. The van der Waals surface area contributed by atoms with Crippen LogP contribution in [-0.4, -0.2) is 38.3 Å². The first-order valence-corrected chi connectivity index (χ1v) is 8.55. The molecule has 1 saturated heterocycles. The Morgan fingerprint density at radius 2 is 1.78 bits per heavy atom. The van der Waals surface area contributed by atoms with Crippen LogP contribution in [0.4, 0.5) is 4.79 Å². The van der Waals surface area contributed by atoms with Gasteiger partial charge in [0.2, 0.25) is 0 Å². The van der Waals surface area contributed by atoms with Gasteiger partial charge in [0.1, 0.15) is 11.2 Å². The summed E-state index contributed by atoms with van der Waals surface area (Å²) in [7, 11) is 0. The summed E-state index contributed by atoms with van der Waals surface area (Å²) in [6.45, 7) is 5.70. The van der Waals surface area contributed by atoms with Crippen molar-refractivity contribution in [2.75, 3.05) is 0 Å². The standard InChI is InChI=1S/C19H21N5O3/c1-12-8-21-15(10-20-12)16(25)22-9-13-4-6-14(7-5-13)11-24-17(26)19(2,3)23-18(24)27/h4-8,10H,9,11H2,1-3H3,(H,22,25)(H,23,27). The van der Waals surface area contributed by atoms with Gasteiger partial charge in [0.25, 0.3) is 11.8 Å². The van der Waals surface area contributed by atoms with Crippen molar-refractivity contribution in [2.45, 2.75) is 39.4 Å². The van der Waals surface area contributed by atoms with Crippen LogP contribution in [0.25, 0.3) is 0 Å². The maximum atomic E-state index is 12.2. The number of carbonyl (C=O) groups is 3. The number of nitrogens with one attached hydrogen (secondary N) is 2. The van der Waals surface area contributed by atoms with Crippen LogP contribution in [0, 0.1) is 6.92 Å². The van der Waals surface area contributed by atoms with Gasteiger partial charge in [0.05, 0.1) is 18.4 Å². The lowest BCUT2D eigenvalue weighted by Crippen LogP contribution is -2.40. The van der Waals surface area contributed by atoms with E-state index in [9.17, 15) is 14.4 Å². The molecule has 0 atom stereocenters. The van der Waals surface area contributed by atoms with Crippen LogP contribution in [0.15, 0.2) is 36.7 Å². The fourth-order valence-corrected chi connectivity index (χ4v) is 2.69. The van der Waals surface area contributed by atoms with Crippen LogP contribution in [-0.2, 0) is 17.9 Å². The molecule has 4 amide bonds. The number of carbonyl (C=O) groups excluding carboxylic acids is 3. The van der Waals surface area contributed by atoms with Crippen LogP contribution in [0.2, 0.25) is 0 Å². The SMILES string of the molecule is Cc1cnc(C(=O)NCc2ccc(CN3C(=O)NC(C)(C)C3=O)cc2)cn1. The average molecular weight is 367 g/mol. The van der Waals surface area contributed by atoms with Crippen molar-refractivity contribution in [3.8, 4) is 0 Å². The number of aromatic nitrogens is 2. The highest BCUT2D eigenvalue weighted by Crippen LogP contribution is 2.19. The summed E-state index contributed by atoms with van der Waals surface area (Å²) in [5.74, 6) is -0.545. The number of hydrogen-bond acceptors (Lipinski definition) is 5. The zero-order chi connectivity index (χ0) is 19.6. The van der Waals surface area contributed by atoms with Gasteiger partial charge in [0.15, 0.2) is 0 Å². The minimum atomic E-state index is -0.875. The first-order valence-electron chi connectivity index (χ1n) is 8.55. The van der Waals surface area contributed by atoms with Gasteiger partial charge in [0, 0.05) is 12.7 Å². The molecule has 140 valence electrons. The van der Waals surface area contributed by atoms with Crippen LogP contribution in [0.1, 0.15) is 41.2 Å². The minimum Gasteiger partial charge on any atom is -0.347 e. The van der Waals surface area contributed by atoms with E-state index >= 15 is 0 Å². The Labute approximate surface area is 157 Å². The molecule has 1 aliphatic rings. The van der Waals surface area contributed by atoms with E-state index in [-0.39, 0.29) is 30.1 Å². The van der Waals surface area contributed by atoms with Gasteiger partial charge in [-0.15, -0.1) is 0 Å². The minimum absolute atomic E-state index is 0.208. The van der Waals surface area contributed by atoms with E-state index in [4.69, 9.17) is 0 Å². The van der Waals surface area contributed by atoms with Gasteiger partial charge in [-0.1, -0.05) is 24.3 Å². The molecule has 0 bridgehead atoms.